The average Bonchev–Trinajstić information content (AvgIpc) is 2.46. The molecule has 1 aliphatic heterocycles. The summed E-state index contributed by atoms with van der Waals surface area (Å²) in [6, 6.07) is 9.44. The molecule has 0 amide bonds. The SMILES string of the molecule is CC1(O)CCC2CC1OO[C@@]2(C)CS(=O)c1ccccc1. The summed E-state index contributed by atoms with van der Waals surface area (Å²) in [5, 5.41) is 10.3. The molecule has 21 heavy (non-hydrogen) atoms. The van der Waals surface area contributed by atoms with Crippen LogP contribution in [0.2, 0.25) is 0 Å². The Balaban J connectivity index is 1.73. The Kier molecular flexibility index (Phi) is 3.94. The fraction of sp³-hybridized carbons (Fsp3) is 0.625. The molecular formula is C16H22O4S. The summed E-state index contributed by atoms with van der Waals surface area (Å²) in [6.45, 7) is 3.76. The van der Waals surface area contributed by atoms with E-state index in [1.807, 2.05) is 37.3 Å². The van der Waals surface area contributed by atoms with Crippen molar-refractivity contribution in [3.05, 3.63) is 30.3 Å². The van der Waals surface area contributed by atoms with Gasteiger partial charge < -0.3 is 5.11 Å². The van der Waals surface area contributed by atoms with Crippen molar-refractivity contribution in [2.24, 2.45) is 5.92 Å². The molecule has 2 aliphatic rings. The minimum atomic E-state index is -1.12. The number of aliphatic hydroxyl groups is 1. The highest BCUT2D eigenvalue weighted by Crippen LogP contribution is 2.45. The Morgan fingerprint density at radius 3 is 2.76 bits per heavy atom. The highest BCUT2D eigenvalue weighted by Gasteiger charge is 2.52. The largest absolute Gasteiger partial charge is 0.387 e. The van der Waals surface area contributed by atoms with E-state index in [9.17, 15) is 9.32 Å². The van der Waals surface area contributed by atoms with Crippen LogP contribution < -0.4 is 0 Å². The van der Waals surface area contributed by atoms with Gasteiger partial charge in [0, 0.05) is 4.90 Å². The zero-order chi connectivity index (χ0) is 15.1. The molecule has 1 aliphatic carbocycles. The monoisotopic (exact) mass is 310 g/mol. The summed E-state index contributed by atoms with van der Waals surface area (Å²) < 4.78 is 12.5. The van der Waals surface area contributed by atoms with Gasteiger partial charge >= 0.3 is 0 Å². The van der Waals surface area contributed by atoms with Crippen LogP contribution >= 0.6 is 0 Å². The first-order chi connectivity index (χ1) is 9.91. The first-order valence-corrected chi connectivity index (χ1v) is 8.73. The van der Waals surface area contributed by atoms with Gasteiger partial charge in [-0.3, -0.25) is 4.21 Å². The molecule has 1 aromatic carbocycles. The number of rotatable bonds is 3. The van der Waals surface area contributed by atoms with Crippen LogP contribution in [0.15, 0.2) is 35.2 Å². The van der Waals surface area contributed by atoms with E-state index >= 15 is 0 Å². The van der Waals surface area contributed by atoms with Crippen LogP contribution in [0.25, 0.3) is 0 Å². The lowest BCUT2D eigenvalue weighted by atomic mass is 9.71. The molecule has 5 atom stereocenters. The van der Waals surface area contributed by atoms with Crippen molar-refractivity contribution < 1.29 is 19.1 Å². The summed E-state index contributed by atoms with van der Waals surface area (Å²) in [4.78, 5) is 11.9. The Hall–Kier alpha value is -0.750. The Bertz CT molecular complexity index is 530. The van der Waals surface area contributed by atoms with Gasteiger partial charge in [0.15, 0.2) is 0 Å². The van der Waals surface area contributed by atoms with E-state index < -0.39 is 22.0 Å². The van der Waals surface area contributed by atoms with Gasteiger partial charge in [-0.1, -0.05) is 18.2 Å². The fourth-order valence-corrected chi connectivity index (χ4v) is 4.68. The van der Waals surface area contributed by atoms with Gasteiger partial charge in [0.2, 0.25) is 0 Å². The average molecular weight is 310 g/mol. The highest BCUT2D eigenvalue weighted by atomic mass is 32.2. The van der Waals surface area contributed by atoms with E-state index in [1.165, 1.54) is 0 Å². The second-order valence-electron chi connectivity index (χ2n) is 6.61. The summed E-state index contributed by atoms with van der Waals surface area (Å²) in [5.74, 6) is 0.681. The summed E-state index contributed by atoms with van der Waals surface area (Å²) in [5.41, 5.74) is -1.38. The lowest BCUT2D eigenvalue weighted by molar-refractivity contribution is -0.441. The molecule has 3 rings (SSSR count). The normalized spacial score (nSPS) is 40.7. The van der Waals surface area contributed by atoms with E-state index in [1.54, 1.807) is 6.92 Å². The molecule has 0 aromatic heterocycles. The Morgan fingerprint density at radius 2 is 2.05 bits per heavy atom. The number of hydrogen-bond acceptors (Lipinski definition) is 4. The molecule has 116 valence electrons. The van der Waals surface area contributed by atoms with Gasteiger partial charge in [-0.2, -0.15) is 0 Å². The predicted molar refractivity (Wildman–Crippen MR) is 80.0 cm³/mol. The van der Waals surface area contributed by atoms with Gasteiger partial charge in [-0.15, -0.1) is 0 Å². The van der Waals surface area contributed by atoms with Crippen molar-refractivity contribution in [1.82, 2.24) is 0 Å². The number of benzene rings is 1. The van der Waals surface area contributed by atoms with Crippen LogP contribution in [0.1, 0.15) is 33.1 Å². The standard InChI is InChI=1S/C16H22O4S/c1-15(17)9-8-12-10-14(15)19-20-16(12,2)11-21(18)13-6-4-3-5-7-13/h3-7,12,14,17H,8-11H2,1-2H3/t12?,14?,15?,16-,21?/m0/s1. The van der Waals surface area contributed by atoms with Gasteiger partial charge in [0.05, 0.1) is 22.2 Å². The fourth-order valence-electron chi connectivity index (χ4n) is 3.25. The number of fused-ring (bicyclic) bond motifs is 2. The minimum absolute atomic E-state index is 0.268. The molecule has 4 nitrogen and oxygen atoms in total. The molecule has 1 aromatic rings. The van der Waals surface area contributed by atoms with Gasteiger partial charge in [0.1, 0.15) is 11.7 Å². The first-order valence-electron chi connectivity index (χ1n) is 7.41. The van der Waals surface area contributed by atoms with Crippen LogP contribution in [-0.2, 0) is 20.6 Å². The molecule has 1 saturated heterocycles. The van der Waals surface area contributed by atoms with Gasteiger partial charge in [-0.05, 0) is 51.2 Å². The van der Waals surface area contributed by atoms with E-state index in [0.717, 1.165) is 17.7 Å². The third-order valence-corrected chi connectivity index (χ3v) is 6.47. The molecular weight excluding hydrogens is 288 g/mol. The molecule has 0 radical (unpaired) electrons. The quantitative estimate of drug-likeness (QED) is 0.871. The van der Waals surface area contributed by atoms with E-state index in [-0.39, 0.29) is 12.0 Å². The molecule has 1 heterocycles. The van der Waals surface area contributed by atoms with Crippen molar-refractivity contribution in [3.63, 3.8) is 0 Å². The lowest BCUT2D eigenvalue weighted by Crippen LogP contribution is -2.58. The van der Waals surface area contributed by atoms with E-state index in [4.69, 9.17) is 9.78 Å². The Morgan fingerprint density at radius 1 is 1.33 bits per heavy atom. The second-order valence-corrected chi connectivity index (χ2v) is 8.06. The van der Waals surface area contributed by atoms with Crippen LogP contribution in [0.3, 0.4) is 0 Å². The highest BCUT2D eigenvalue weighted by molar-refractivity contribution is 7.85. The third kappa shape index (κ3) is 2.93. The zero-order valence-electron chi connectivity index (χ0n) is 12.5. The third-order valence-electron chi connectivity index (χ3n) is 4.83. The van der Waals surface area contributed by atoms with E-state index in [0.29, 0.717) is 12.2 Å². The van der Waals surface area contributed by atoms with Crippen LogP contribution in [0.5, 0.6) is 0 Å². The van der Waals surface area contributed by atoms with Crippen LogP contribution in [0, 0.1) is 5.92 Å². The summed E-state index contributed by atoms with van der Waals surface area (Å²) in [6.07, 6.45) is 2.04. The summed E-state index contributed by atoms with van der Waals surface area (Å²) in [7, 11) is -1.12. The molecule has 1 saturated carbocycles. The molecule has 4 unspecified atom stereocenters. The van der Waals surface area contributed by atoms with Crippen molar-refractivity contribution in [2.45, 2.75) is 55.3 Å². The molecule has 5 heteroatoms. The van der Waals surface area contributed by atoms with Crippen molar-refractivity contribution in [2.75, 3.05) is 5.75 Å². The zero-order valence-corrected chi connectivity index (χ0v) is 13.3. The van der Waals surface area contributed by atoms with Crippen LogP contribution in [0.4, 0.5) is 0 Å². The number of hydrogen-bond donors (Lipinski definition) is 1. The van der Waals surface area contributed by atoms with Crippen LogP contribution in [-0.4, -0.2) is 32.4 Å². The van der Waals surface area contributed by atoms with Gasteiger partial charge in [-0.25, -0.2) is 9.78 Å². The maximum absolute atomic E-state index is 12.5. The Labute approximate surface area is 127 Å². The topological polar surface area (TPSA) is 55.8 Å². The molecule has 0 spiro atoms. The maximum atomic E-state index is 12.5. The molecule has 2 fully saturated rings. The minimum Gasteiger partial charge on any atom is -0.387 e. The second kappa shape index (κ2) is 5.47. The summed E-state index contributed by atoms with van der Waals surface area (Å²) >= 11 is 0. The smallest absolute Gasteiger partial charge is 0.122 e. The van der Waals surface area contributed by atoms with E-state index in [2.05, 4.69) is 0 Å². The lowest BCUT2D eigenvalue weighted by Gasteiger charge is -2.50. The first kappa shape index (κ1) is 15.2. The van der Waals surface area contributed by atoms with Crippen molar-refractivity contribution in [1.29, 1.82) is 0 Å². The maximum Gasteiger partial charge on any atom is 0.122 e. The molecule has 2 bridgehead atoms. The molecule has 1 N–H and O–H groups in total. The van der Waals surface area contributed by atoms with Gasteiger partial charge in [0.25, 0.3) is 0 Å². The van der Waals surface area contributed by atoms with Crippen molar-refractivity contribution >= 4 is 10.8 Å². The van der Waals surface area contributed by atoms with Crippen molar-refractivity contribution in [3.8, 4) is 0 Å². The predicted octanol–water partition coefficient (Wildman–Crippen LogP) is 2.43.